The fraction of sp³-hybridized carbons (Fsp3) is 0.333. The summed E-state index contributed by atoms with van der Waals surface area (Å²) in [5, 5.41) is 4.85. The van der Waals surface area contributed by atoms with Gasteiger partial charge >= 0.3 is 5.97 Å². The van der Waals surface area contributed by atoms with Crippen molar-refractivity contribution in [2.45, 2.75) is 17.7 Å². The summed E-state index contributed by atoms with van der Waals surface area (Å²) in [5.74, 6) is -1.14. The second-order valence-electron chi connectivity index (χ2n) is 5.99. The molecule has 2 heterocycles. The molecule has 27 heavy (non-hydrogen) atoms. The molecule has 1 fully saturated rings. The third kappa shape index (κ3) is 4.67. The normalized spacial score (nSPS) is 16.4. The van der Waals surface area contributed by atoms with E-state index in [0.717, 1.165) is 10.6 Å². The van der Waals surface area contributed by atoms with Gasteiger partial charge in [0.25, 0.3) is 0 Å². The number of nitrogens with one attached hydrogen (secondary N) is 1. The predicted octanol–water partition coefficient (Wildman–Crippen LogP) is 2.57. The summed E-state index contributed by atoms with van der Waals surface area (Å²) in [4.78, 5) is 43.1. The molecule has 1 aliphatic heterocycles. The summed E-state index contributed by atoms with van der Waals surface area (Å²) < 4.78 is 4.60. The van der Waals surface area contributed by atoms with E-state index in [4.69, 9.17) is 0 Å². The highest BCUT2D eigenvalue weighted by Gasteiger charge is 2.35. The van der Waals surface area contributed by atoms with Gasteiger partial charge in [0.1, 0.15) is 0 Å². The van der Waals surface area contributed by atoms with Gasteiger partial charge in [-0.1, -0.05) is 0 Å². The predicted molar refractivity (Wildman–Crippen MR) is 105 cm³/mol. The fourth-order valence-electron chi connectivity index (χ4n) is 2.77. The average molecular weight is 406 g/mol. The lowest BCUT2D eigenvalue weighted by Gasteiger charge is -2.16. The number of benzene rings is 1. The zero-order valence-electron chi connectivity index (χ0n) is 14.9. The smallest absolute Gasteiger partial charge is 0.311 e. The molecule has 2 amide bonds. The second-order valence-corrected chi connectivity index (χ2v) is 7.73. The van der Waals surface area contributed by atoms with Gasteiger partial charge in [0.05, 0.1) is 25.1 Å². The van der Waals surface area contributed by atoms with Crippen LogP contribution in [-0.4, -0.2) is 42.7 Å². The molecule has 1 aromatic heterocycles. The third-order valence-electron chi connectivity index (χ3n) is 4.21. The number of hydrogen-bond acceptors (Lipinski definition) is 7. The lowest BCUT2D eigenvalue weighted by atomic mass is 10.1. The molecule has 0 aliphatic carbocycles. The van der Waals surface area contributed by atoms with Crippen molar-refractivity contribution >= 4 is 51.7 Å². The van der Waals surface area contributed by atoms with Gasteiger partial charge in [0, 0.05) is 28.9 Å². The summed E-state index contributed by atoms with van der Waals surface area (Å²) in [5.41, 5.74) is 1.34. The first-order valence-electron chi connectivity index (χ1n) is 8.26. The van der Waals surface area contributed by atoms with E-state index < -0.39 is 5.92 Å². The zero-order chi connectivity index (χ0) is 19.4. The van der Waals surface area contributed by atoms with Crippen LogP contribution in [0.5, 0.6) is 0 Å². The van der Waals surface area contributed by atoms with Crippen LogP contribution in [0.15, 0.2) is 34.5 Å². The number of aromatic nitrogens is 1. The van der Waals surface area contributed by atoms with Crippen LogP contribution in [0.25, 0.3) is 0 Å². The molecule has 3 rings (SSSR count). The Labute approximate surface area is 165 Å². The first kappa shape index (κ1) is 19.4. The molecule has 0 spiro atoms. The van der Waals surface area contributed by atoms with Gasteiger partial charge in [0.15, 0.2) is 5.13 Å². The van der Waals surface area contributed by atoms with Crippen LogP contribution in [-0.2, 0) is 25.5 Å². The first-order valence-corrected chi connectivity index (χ1v) is 10.4. The van der Waals surface area contributed by atoms with Crippen LogP contribution < -0.4 is 10.2 Å². The second kappa shape index (κ2) is 8.53. The van der Waals surface area contributed by atoms with Crippen molar-refractivity contribution in [3.63, 3.8) is 0 Å². The van der Waals surface area contributed by atoms with Gasteiger partial charge in [-0.2, -0.15) is 0 Å². The number of thiazole rings is 1. The van der Waals surface area contributed by atoms with Crippen LogP contribution in [0.3, 0.4) is 0 Å². The lowest BCUT2D eigenvalue weighted by Crippen LogP contribution is -2.28. The van der Waals surface area contributed by atoms with Crippen molar-refractivity contribution in [3.05, 3.63) is 35.3 Å². The number of nitrogens with zero attached hydrogens (tertiary/aromatic N) is 2. The maximum atomic E-state index is 12.5. The molecule has 0 bridgehead atoms. The van der Waals surface area contributed by atoms with Gasteiger partial charge in [0.2, 0.25) is 11.8 Å². The summed E-state index contributed by atoms with van der Waals surface area (Å²) in [6, 6.07) is 7.70. The molecule has 1 aromatic carbocycles. The van der Waals surface area contributed by atoms with E-state index in [1.54, 1.807) is 22.0 Å². The van der Waals surface area contributed by atoms with E-state index in [9.17, 15) is 14.4 Å². The average Bonchev–Trinajstić information content (AvgIpc) is 3.28. The SMILES string of the molecule is COC(=O)Cc1csc(NC(=O)C2CC(=O)N(c3ccc(SC)cc3)C2)n1. The molecule has 7 nitrogen and oxygen atoms in total. The summed E-state index contributed by atoms with van der Waals surface area (Å²) >= 11 is 2.87. The summed E-state index contributed by atoms with van der Waals surface area (Å²) in [7, 11) is 1.31. The van der Waals surface area contributed by atoms with E-state index in [1.807, 2.05) is 30.5 Å². The largest absolute Gasteiger partial charge is 0.469 e. The molecule has 142 valence electrons. The Bertz CT molecular complexity index is 851. The number of hydrogen-bond donors (Lipinski definition) is 1. The van der Waals surface area contributed by atoms with Gasteiger partial charge < -0.3 is 15.0 Å². The Morgan fingerprint density at radius 2 is 2.11 bits per heavy atom. The number of esters is 1. The number of methoxy groups -OCH3 is 1. The Hall–Kier alpha value is -2.39. The van der Waals surface area contributed by atoms with Crippen LogP contribution in [0.4, 0.5) is 10.8 Å². The molecule has 1 unspecified atom stereocenters. The molecule has 0 saturated carbocycles. The topological polar surface area (TPSA) is 88.6 Å². The van der Waals surface area contributed by atoms with E-state index in [-0.39, 0.29) is 30.6 Å². The Balaban J connectivity index is 1.61. The minimum atomic E-state index is -0.439. The Kier molecular flexibility index (Phi) is 6.12. The maximum Gasteiger partial charge on any atom is 0.311 e. The van der Waals surface area contributed by atoms with Crippen LogP contribution >= 0.6 is 23.1 Å². The number of carbonyl (C=O) groups excluding carboxylic acids is 3. The highest BCUT2D eigenvalue weighted by Crippen LogP contribution is 2.28. The van der Waals surface area contributed by atoms with Crippen LogP contribution in [0.2, 0.25) is 0 Å². The zero-order valence-corrected chi connectivity index (χ0v) is 16.6. The molecular weight excluding hydrogens is 386 g/mol. The number of anilines is 2. The Morgan fingerprint density at radius 1 is 1.37 bits per heavy atom. The number of carbonyl (C=O) groups is 3. The number of rotatable bonds is 6. The van der Waals surface area contributed by atoms with E-state index in [2.05, 4.69) is 15.0 Å². The van der Waals surface area contributed by atoms with Gasteiger partial charge in [-0.3, -0.25) is 14.4 Å². The third-order valence-corrected chi connectivity index (χ3v) is 5.77. The number of thioether (sulfide) groups is 1. The van der Waals surface area contributed by atoms with Crippen molar-refractivity contribution in [2.24, 2.45) is 5.92 Å². The highest BCUT2D eigenvalue weighted by molar-refractivity contribution is 7.98. The molecule has 2 aromatic rings. The highest BCUT2D eigenvalue weighted by atomic mass is 32.2. The molecule has 1 N–H and O–H groups in total. The summed E-state index contributed by atoms with van der Waals surface area (Å²) in [6.45, 7) is 0.337. The minimum Gasteiger partial charge on any atom is -0.469 e. The van der Waals surface area contributed by atoms with Crippen LogP contribution in [0.1, 0.15) is 12.1 Å². The molecule has 0 radical (unpaired) electrons. The van der Waals surface area contributed by atoms with Crippen molar-refractivity contribution in [3.8, 4) is 0 Å². The van der Waals surface area contributed by atoms with E-state index in [1.165, 1.54) is 18.4 Å². The molecule has 1 aliphatic rings. The number of ether oxygens (including phenoxy) is 1. The molecule has 1 atom stereocenters. The standard InChI is InChI=1S/C18H19N3O4S2/c1-25-16(23)8-12-10-27-18(19-12)20-17(24)11-7-15(22)21(9-11)13-3-5-14(26-2)6-4-13/h3-6,10-11H,7-9H2,1-2H3,(H,19,20,24). The summed E-state index contributed by atoms with van der Waals surface area (Å²) in [6.07, 6.45) is 2.21. The quantitative estimate of drug-likeness (QED) is 0.587. The maximum absolute atomic E-state index is 12.5. The van der Waals surface area contributed by atoms with E-state index >= 15 is 0 Å². The van der Waals surface area contributed by atoms with Crippen molar-refractivity contribution in [1.29, 1.82) is 0 Å². The monoisotopic (exact) mass is 405 g/mol. The van der Waals surface area contributed by atoms with E-state index in [0.29, 0.717) is 17.4 Å². The van der Waals surface area contributed by atoms with Crippen molar-refractivity contribution < 1.29 is 19.1 Å². The fourth-order valence-corrected chi connectivity index (χ4v) is 3.89. The molecule has 9 heteroatoms. The van der Waals surface area contributed by atoms with Gasteiger partial charge in [-0.05, 0) is 30.5 Å². The first-order chi connectivity index (χ1) is 13.0. The van der Waals surface area contributed by atoms with Crippen molar-refractivity contribution in [2.75, 3.05) is 30.1 Å². The minimum absolute atomic E-state index is 0.0601. The number of amides is 2. The Morgan fingerprint density at radius 3 is 2.78 bits per heavy atom. The van der Waals surface area contributed by atoms with Crippen molar-refractivity contribution in [1.82, 2.24) is 4.98 Å². The van der Waals surface area contributed by atoms with Gasteiger partial charge in [-0.15, -0.1) is 23.1 Å². The molecular formula is C18H19N3O4S2. The molecule has 1 saturated heterocycles. The van der Waals surface area contributed by atoms with Gasteiger partial charge in [-0.25, -0.2) is 4.98 Å². The van der Waals surface area contributed by atoms with Crippen LogP contribution in [0, 0.1) is 5.92 Å². The lowest BCUT2D eigenvalue weighted by molar-refractivity contribution is -0.139.